The van der Waals surface area contributed by atoms with Crippen molar-refractivity contribution in [3.05, 3.63) is 59.1 Å². The first-order chi connectivity index (χ1) is 9.08. The Morgan fingerprint density at radius 3 is 2.26 bits per heavy atom. The molecule has 1 nitrogen and oxygen atoms in total. The van der Waals surface area contributed by atoms with Crippen LogP contribution in [0.5, 0.6) is 0 Å². The lowest BCUT2D eigenvalue weighted by Crippen LogP contribution is -2.19. The molecule has 0 radical (unpaired) electrons. The topological polar surface area (TPSA) is 26.0 Å². The van der Waals surface area contributed by atoms with Gasteiger partial charge in [-0.05, 0) is 35.9 Å². The van der Waals surface area contributed by atoms with Crippen molar-refractivity contribution in [2.24, 2.45) is 5.73 Å². The Hall–Kier alpha value is -1.10. The van der Waals surface area contributed by atoms with Gasteiger partial charge in [0.25, 0.3) is 6.43 Å². The van der Waals surface area contributed by atoms with Crippen LogP contribution in [0.25, 0.3) is 0 Å². The molecule has 1 atom stereocenters. The summed E-state index contributed by atoms with van der Waals surface area (Å²) in [4.78, 5) is 1.66. The second-order valence-electron chi connectivity index (χ2n) is 3.95. The summed E-state index contributed by atoms with van der Waals surface area (Å²) in [5, 5.41) is 0.641. The van der Waals surface area contributed by atoms with E-state index < -0.39 is 12.5 Å². The molecule has 19 heavy (non-hydrogen) atoms. The Morgan fingerprint density at radius 1 is 1.00 bits per heavy atom. The second kappa shape index (κ2) is 6.37. The molecular weight excluding hydrogens is 288 g/mol. The van der Waals surface area contributed by atoms with Crippen LogP contribution in [0.3, 0.4) is 0 Å². The van der Waals surface area contributed by atoms with Gasteiger partial charge in [0.05, 0.1) is 6.04 Å². The molecule has 0 spiro atoms. The lowest BCUT2D eigenvalue weighted by Gasteiger charge is -2.15. The third-order valence-corrected chi connectivity index (χ3v) is 3.94. The number of benzene rings is 2. The van der Waals surface area contributed by atoms with Crippen LogP contribution in [0, 0.1) is 0 Å². The number of alkyl halides is 2. The van der Waals surface area contributed by atoms with Gasteiger partial charge in [0.15, 0.2) is 0 Å². The Labute approximate surface area is 119 Å². The first-order valence-corrected chi connectivity index (χ1v) is 6.83. The molecule has 0 aliphatic heterocycles. The first-order valence-electron chi connectivity index (χ1n) is 5.64. The monoisotopic (exact) mass is 299 g/mol. The average molecular weight is 300 g/mol. The molecule has 0 aliphatic carbocycles. The van der Waals surface area contributed by atoms with Gasteiger partial charge in [-0.1, -0.05) is 41.6 Å². The molecule has 0 saturated carbocycles. The van der Waals surface area contributed by atoms with Crippen molar-refractivity contribution in [3.63, 3.8) is 0 Å². The van der Waals surface area contributed by atoms with Crippen LogP contribution in [0.4, 0.5) is 8.78 Å². The van der Waals surface area contributed by atoms with E-state index in [1.165, 1.54) is 11.8 Å². The lowest BCUT2D eigenvalue weighted by atomic mass is 10.1. The van der Waals surface area contributed by atoms with Crippen LogP contribution in [0.2, 0.25) is 5.02 Å². The van der Waals surface area contributed by atoms with Crippen molar-refractivity contribution in [2.75, 3.05) is 0 Å². The van der Waals surface area contributed by atoms with E-state index in [2.05, 4.69) is 0 Å². The summed E-state index contributed by atoms with van der Waals surface area (Å²) in [5.41, 5.74) is 5.99. The molecule has 100 valence electrons. The van der Waals surface area contributed by atoms with Crippen molar-refractivity contribution >= 4 is 23.4 Å². The largest absolute Gasteiger partial charge is 0.319 e. The fourth-order valence-electron chi connectivity index (χ4n) is 1.61. The maximum absolute atomic E-state index is 12.7. The zero-order chi connectivity index (χ0) is 13.8. The van der Waals surface area contributed by atoms with Crippen molar-refractivity contribution < 1.29 is 8.78 Å². The highest BCUT2D eigenvalue weighted by Crippen LogP contribution is 2.34. The Morgan fingerprint density at radius 2 is 1.63 bits per heavy atom. The van der Waals surface area contributed by atoms with Crippen molar-refractivity contribution in [1.29, 1.82) is 0 Å². The third kappa shape index (κ3) is 3.69. The van der Waals surface area contributed by atoms with Gasteiger partial charge in [-0.2, -0.15) is 0 Å². The highest BCUT2D eigenvalue weighted by atomic mass is 35.5. The molecule has 2 aromatic rings. The standard InChI is InChI=1S/C14H12ClF2NS/c15-9-5-7-10(8-6-9)19-12-4-2-1-3-11(12)13(18)14(16)17/h1-8,13-14H,18H2/t13-/m0/s1. The molecule has 0 amide bonds. The summed E-state index contributed by atoms with van der Waals surface area (Å²) in [7, 11) is 0. The van der Waals surface area contributed by atoms with E-state index >= 15 is 0 Å². The lowest BCUT2D eigenvalue weighted by molar-refractivity contribution is 0.115. The Balaban J connectivity index is 2.27. The molecule has 0 bridgehead atoms. The minimum absolute atomic E-state index is 0.456. The van der Waals surface area contributed by atoms with Gasteiger partial charge in [-0.25, -0.2) is 8.78 Å². The van der Waals surface area contributed by atoms with Crippen molar-refractivity contribution in [1.82, 2.24) is 0 Å². The molecule has 0 saturated heterocycles. The maximum Gasteiger partial charge on any atom is 0.257 e. The molecule has 0 unspecified atom stereocenters. The molecule has 5 heteroatoms. The minimum Gasteiger partial charge on any atom is -0.319 e. The smallest absolute Gasteiger partial charge is 0.257 e. The summed E-state index contributed by atoms with van der Waals surface area (Å²) in [6.07, 6.45) is -2.58. The number of hydrogen-bond acceptors (Lipinski definition) is 2. The fraction of sp³-hybridized carbons (Fsp3) is 0.143. The Kier molecular flexibility index (Phi) is 4.80. The van der Waals surface area contributed by atoms with Crippen LogP contribution < -0.4 is 5.73 Å². The maximum atomic E-state index is 12.7. The van der Waals surface area contributed by atoms with Gasteiger partial charge < -0.3 is 5.73 Å². The second-order valence-corrected chi connectivity index (χ2v) is 5.51. The summed E-state index contributed by atoms with van der Waals surface area (Å²) >= 11 is 7.21. The first kappa shape index (κ1) is 14.3. The summed E-state index contributed by atoms with van der Waals surface area (Å²) in [5.74, 6) is 0. The molecule has 0 fully saturated rings. The molecule has 2 aromatic carbocycles. The van der Waals surface area contributed by atoms with Gasteiger partial charge in [-0.3, -0.25) is 0 Å². The third-order valence-electron chi connectivity index (χ3n) is 2.59. The van der Waals surface area contributed by atoms with E-state index in [0.717, 1.165) is 9.79 Å². The van der Waals surface area contributed by atoms with Crippen LogP contribution in [-0.4, -0.2) is 6.43 Å². The van der Waals surface area contributed by atoms with E-state index in [9.17, 15) is 8.78 Å². The average Bonchev–Trinajstić information content (AvgIpc) is 2.41. The van der Waals surface area contributed by atoms with Crippen LogP contribution in [-0.2, 0) is 0 Å². The fourth-order valence-corrected chi connectivity index (χ4v) is 2.73. The zero-order valence-electron chi connectivity index (χ0n) is 9.89. The van der Waals surface area contributed by atoms with E-state index in [1.54, 1.807) is 36.4 Å². The van der Waals surface area contributed by atoms with Gasteiger partial charge in [-0.15, -0.1) is 0 Å². The van der Waals surface area contributed by atoms with Crippen LogP contribution in [0.1, 0.15) is 11.6 Å². The minimum atomic E-state index is -2.58. The number of halogens is 3. The molecule has 2 N–H and O–H groups in total. The summed E-state index contributed by atoms with van der Waals surface area (Å²) in [6.45, 7) is 0. The summed E-state index contributed by atoms with van der Waals surface area (Å²) < 4.78 is 25.5. The molecule has 2 rings (SSSR count). The SMILES string of the molecule is N[C@@H](c1ccccc1Sc1ccc(Cl)cc1)C(F)F. The highest BCUT2D eigenvalue weighted by molar-refractivity contribution is 7.99. The zero-order valence-corrected chi connectivity index (χ0v) is 11.5. The van der Waals surface area contributed by atoms with Crippen LogP contribution in [0.15, 0.2) is 58.3 Å². The number of nitrogens with two attached hydrogens (primary N) is 1. The van der Waals surface area contributed by atoms with Gasteiger partial charge in [0, 0.05) is 14.8 Å². The van der Waals surface area contributed by atoms with E-state index in [4.69, 9.17) is 17.3 Å². The normalized spacial score (nSPS) is 12.7. The van der Waals surface area contributed by atoms with E-state index in [0.29, 0.717) is 10.6 Å². The Bertz CT molecular complexity index is 545. The predicted molar refractivity (Wildman–Crippen MR) is 74.9 cm³/mol. The highest BCUT2D eigenvalue weighted by Gasteiger charge is 2.20. The molecule has 0 aliphatic rings. The van der Waals surface area contributed by atoms with Gasteiger partial charge >= 0.3 is 0 Å². The molecular formula is C14H12ClF2NS. The molecule has 0 heterocycles. The van der Waals surface area contributed by atoms with Gasteiger partial charge in [0.2, 0.25) is 0 Å². The van der Waals surface area contributed by atoms with Crippen molar-refractivity contribution in [3.8, 4) is 0 Å². The van der Waals surface area contributed by atoms with E-state index in [1.807, 2.05) is 12.1 Å². The number of rotatable bonds is 4. The quantitative estimate of drug-likeness (QED) is 0.881. The van der Waals surface area contributed by atoms with E-state index in [-0.39, 0.29) is 0 Å². The predicted octanol–water partition coefficient (Wildman–Crippen LogP) is 4.76. The summed E-state index contributed by atoms with van der Waals surface area (Å²) in [6, 6.07) is 12.9. The number of hydrogen-bond donors (Lipinski definition) is 1. The van der Waals surface area contributed by atoms with Crippen LogP contribution >= 0.6 is 23.4 Å². The van der Waals surface area contributed by atoms with Crippen molar-refractivity contribution in [2.45, 2.75) is 22.3 Å². The molecule has 0 aromatic heterocycles. The van der Waals surface area contributed by atoms with Gasteiger partial charge in [0.1, 0.15) is 0 Å².